The summed E-state index contributed by atoms with van der Waals surface area (Å²) in [6.07, 6.45) is 4.40. The van der Waals surface area contributed by atoms with Gasteiger partial charge in [0.15, 0.2) is 11.0 Å². The number of esters is 1. The smallest absolute Gasteiger partial charge is 0.337 e. The molecule has 2 aromatic rings. The largest absolute Gasteiger partial charge is 0.465 e. The van der Waals surface area contributed by atoms with Crippen LogP contribution in [0.4, 0.5) is 11.4 Å². The molecule has 208 valence electrons. The summed E-state index contributed by atoms with van der Waals surface area (Å²) in [5.41, 5.74) is 4.57. The molecule has 2 aliphatic heterocycles. The summed E-state index contributed by atoms with van der Waals surface area (Å²) >= 11 is 3.07. The first kappa shape index (κ1) is 28.0. The van der Waals surface area contributed by atoms with Crippen LogP contribution >= 0.6 is 23.5 Å². The molecular formula is C30H32N4O4S2. The van der Waals surface area contributed by atoms with Gasteiger partial charge in [-0.25, -0.2) is 9.79 Å². The van der Waals surface area contributed by atoms with Gasteiger partial charge in [-0.2, -0.15) is 0 Å². The number of anilines is 1. The van der Waals surface area contributed by atoms with Crippen molar-refractivity contribution in [3.63, 3.8) is 0 Å². The molecule has 1 saturated heterocycles. The zero-order chi connectivity index (χ0) is 28.4. The standard InChI is InChI=1S/C30H32N4O4S2/c1-5-31-22-15-14-21(18(2)35)16-23(22)32-30-34(17-19-10-12-20(13-11-19)29(37)38-4)27(36)26(40-30)28-33(3)24-8-6-7-9-25(24)39-28/h10-16,31H,5-9,17H2,1-4H3. The number of benzene rings is 2. The fourth-order valence-corrected chi connectivity index (χ4v) is 7.44. The highest BCUT2D eigenvalue weighted by Crippen LogP contribution is 2.51. The van der Waals surface area contributed by atoms with Gasteiger partial charge in [0.1, 0.15) is 4.91 Å². The average molecular weight is 577 g/mol. The molecular weight excluding hydrogens is 544 g/mol. The Morgan fingerprint density at radius 1 is 1.05 bits per heavy atom. The summed E-state index contributed by atoms with van der Waals surface area (Å²) in [6.45, 7) is 4.50. The predicted octanol–water partition coefficient (Wildman–Crippen LogP) is 6.50. The highest BCUT2D eigenvalue weighted by Gasteiger charge is 2.40. The van der Waals surface area contributed by atoms with Gasteiger partial charge in [-0.1, -0.05) is 23.9 Å². The third-order valence-electron chi connectivity index (χ3n) is 7.08. The maximum absolute atomic E-state index is 14.0. The minimum Gasteiger partial charge on any atom is -0.465 e. The summed E-state index contributed by atoms with van der Waals surface area (Å²) in [4.78, 5) is 48.9. The van der Waals surface area contributed by atoms with Crippen LogP contribution in [0, 0.1) is 0 Å². The van der Waals surface area contributed by atoms with E-state index in [1.54, 1.807) is 40.9 Å². The number of methoxy groups -OCH3 is 1. The third kappa shape index (κ3) is 5.55. The molecule has 0 atom stereocenters. The van der Waals surface area contributed by atoms with Crippen LogP contribution in [-0.2, 0) is 16.1 Å². The Hall–Kier alpha value is -3.50. The molecule has 1 amide bonds. The Morgan fingerprint density at radius 2 is 1.77 bits per heavy atom. The topological polar surface area (TPSA) is 91.3 Å². The zero-order valence-electron chi connectivity index (χ0n) is 23.1. The molecule has 0 radical (unpaired) electrons. The van der Waals surface area contributed by atoms with Gasteiger partial charge in [0.05, 0.1) is 35.6 Å². The van der Waals surface area contributed by atoms with E-state index in [2.05, 4.69) is 10.2 Å². The van der Waals surface area contributed by atoms with Crippen LogP contribution in [0.3, 0.4) is 0 Å². The van der Waals surface area contributed by atoms with E-state index in [9.17, 15) is 14.4 Å². The van der Waals surface area contributed by atoms with Gasteiger partial charge in [-0.3, -0.25) is 14.5 Å². The molecule has 2 aromatic carbocycles. The van der Waals surface area contributed by atoms with Gasteiger partial charge >= 0.3 is 5.97 Å². The lowest BCUT2D eigenvalue weighted by Crippen LogP contribution is -2.29. The first-order valence-electron chi connectivity index (χ1n) is 13.3. The number of amides is 1. The van der Waals surface area contributed by atoms with Crippen molar-refractivity contribution in [2.45, 2.75) is 46.1 Å². The van der Waals surface area contributed by atoms with Gasteiger partial charge in [0, 0.05) is 29.8 Å². The summed E-state index contributed by atoms with van der Waals surface area (Å²) in [6, 6.07) is 12.4. The monoisotopic (exact) mass is 576 g/mol. The average Bonchev–Trinajstić information content (AvgIpc) is 3.45. The van der Waals surface area contributed by atoms with E-state index in [-0.39, 0.29) is 18.2 Å². The Balaban J connectivity index is 1.55. The van der Waals surface area contributed by atoms with Crippen molar-refractivity contribution < 1.29 is 19.1 Å². The summed E-state index contributed by atoms with van der Waals surface area (Å²) < 4.78 is 4.82. The van der Waals surface area contributed by atoms with Crippen molar-refractivity contribution in [2.24, 2.45) is 4.99 Å². The molecule has 5 rings (SSSR count). The van der Waals surface area contributed by atoms with Crippen LogP contribution in [0.1, 0.15) is 65.8 Å². The van der Waals surface area contributed by atoms with Crippen molar-refractivity contribution in [1.29, 1.82) is 0 Å². The third-order valence-corrected chi connectivity index (χ3v) is 9.63. The van der Waals surface area contributed by atoms with Crippen molar-refractivity contribution in [2.75, 3.05) is 26.0 Å². The fraction of sp³-hybridized carbons (Fsp3) is 0.333. The molecule has 10 heteroatoms. The van der Waals surface area contributed by atoms with Gasteiger partial charge in [-0.05, 0) is 87.2 Å². The summed E-state index contributed by atoms with van der Waals surface area (Å²) in [5, 5.41) is 4.81. The Bertz CT molecular complexity index is 1460. The minimum atomic E-state index is -0.410. The van der Waals surface area contributed by atoms with Gasteiger partial charge in [0.2, 0.25) is 0 Å². The molecule has 0 saturated carbocycles. The Kier molecular flexibility index (Phi) is 8.37. The maximum Gasteiger partial charge on any atom is 0.337 e. The van der Waals surface area contributed by atoms with E-state index in [4.69, 9.17) is 9.73 Å². The predicted molar refractivity (Wildman–Crippen MR) is 162 cm³/mol. The molecule has 0 spiro atoms. The number of ether oxygens (including phenoxy) is 1. The highest BCUT2D eigenvalue weighted by molar-refractivity contribution is 8.19. The van der Waals surface area contributed by atoms with E-state index in [0.29, 0.717) is 33.4 Å². The van der Waals surface area contributed by atoms with E-state index >= 15 is 0 Å². The summed E-state index contributed by atoms with van der Waals surface area (Å²) in [7, 11) is 3.39. The van der Waals surface area contributed by atoms with E-state index < -0.39 is 5.97 Å². The second-order valence-corrected chi connectivity index (χ2v) is 11.8. The van der Waals surface area contributed by atoms with Crippen LogP contribution in [-0.4, -0.2) is 53.3 Å². The van der Waals surface area contributed by atoms with Crippen LogP contribution in [0.5, 0.6) is 0 Å². The second kappa shape index (κ2) is 11.9. The number of hydrogen-bond donors (Lipinski definition) is 1. The molecule has 40 heavy (non-hydrogen) atoms. The number of carbonyl (C=O) groups is 3. The number of amidine groups is 1. The number of ketones is 1. The number of rotatable bonds is 7. The molecule has 0 aromatic heterocycles. The van der Waals surface area contributed by atoms with Crippen molar-refractivity contribution in [3.8, 4) is 0 Å². The molecule has 1 N–H and O–H groups in total. The first-order valence-corrected chi connectivity index (χ1v) is 15.0. The van der Waals surface area contributed by atoms with E-state index in [0.717, 1.165) is 35.5 Å². The number of allylic oxidation sites excluding steroid dienone is 2. The molecule has 2 heterocycles. The number of carbonyl (C=O) groups excluding carboxylic acids is 3. The van der Waals surface area contributed by atoms with Crippen molar-refractivity contribution in [3.05, 3.63) is 79.7 Å². The van der Waals surface area contributed by atoms with E-state index in [1.807, 2.05) is 32.2 Å². The Morgan fingerprint density at radius 3 is 2.45 bits per heavy atom. The number of nitrogens with one attached hydrogen (secondary N) is 1. The number of nitrogens with zero attached hydrogens (tertiary/aromatic N) is 3. The molecule has 8 nitrogen and oxygen atoms in total. The van der Waals surface area contributed by atoms with Gasteiger partial charge in [-0.15, -0.1) is 0 Å². The molecule has 1 aliphatic carbocycles. The van der Waals surface area contributed by atoms with Crippen LogP contribution in [0.25, 0.3) is 0 Å². The molecule has 1 fully saturated rings. The first-order chi connectivity index (χ1) is 19.3. The SMILES string of the molecule is CCNc1ccc(C(C)=O)cc1N=C1SC(=C2SC3=C(CCCC3)N2C)C(=O)N1Cc1ccc(C(=O)OC)cc1. The number of Topliss-reactive ketones (excluding diaryl/α,β-unsaturated/α-hetero) is 1. The quantitative estimate of drug-likeness (QED) is 0.227. The molecule has 0 unspecified atom stereocenters. The highest BCUT2D eigenvalue weighted by atomic mass is 32.2. The lowest BCUT2D eigenvalue weighted by atomic mass is 10.0. The van der Waals surface area contributed by atoms with Crippen LogP contribution in [0.15, 0.2) is 68.0 Å². The van der Waals surface area contributed by atoms with Gasteiger partial charge in [0.25, 0.3) is 5.91 Å². The number of aliphatic imine (C=N–C) groups is 1. The van der Waals surface area contributed by atoms with Gasteiger partial charge < -0.3 is 15.0 Å². The minimum absolute atomic E-state index is 0.0503. The number of hydrogen-bond acceptors (Lipinski definition) is 9. The Labute approximate surface area is 242 Å². The second-order valence-electron chi connectivity index (χ2n) is 9.77. The van der Waals surface area contributed by atoms with Crippen LogP contribution < -0.4 is 5.32 Å². The summed E-state index contributed by atoms with van der Waals surface area (Å²) in [5.74, 6) is -0.568. The molecule has 3 aliphatic rings. The van der Waals surface area contributed by atoms with Crippen molar-refractivity contribution in [1.82, 2.24) is 9.80 Å². The normalized spacial score (nSPS) is 19.9. The van der Waals surface area contributed by atoms with Crippen LogP contribution in [0.2, 0.25) is 0 Å². The molecule has 0 bridgehead atoms. The maximum atomic E-state index is 14.0. The van der Waals surface area contributed by atoms with Crippen molar-refractivity contribution >= 4 is 57.7 Å². The fourth-order valence-electron chi connectivity index (χ4n) is 4.92. The van der Waals surface area contributed by atoms with E-state index in [1.165, 1.54) is 42.8 Å². The zero-order valence-corrected chi connectivity index (χ0v) is 24.7. The lowest BCUT2D eigenvalue weighted by Gasteiger charge is -2.20. The lowest BCUT2D eigenvalue weighted by molar-refractivity contribution is -0.122. The number of thioether (sulfide) groups is 2.